The number of nitrogens with zero attached hydrogens (tertiary/aromatic N) is 2. The fraction of sp³-hybridized carbons (Fsp3) is 0.556. The summed E-state index contributed by atoms with van der Waals surface area (Å²) in [4.78, 5) is 12.9. The molecule has 1 atom stereocenters. The maximum atomic E-state index is 10.9. The average molecular weight is 195 g/mol. The Balaban J connectivity index is 2.26. The number of aryl methyl sites for hydroxylation is 1. The molecule has 1 saturated heterocycles. The fourth-order valence-corrected chi connectivity index (χ4v) is 1.95. The molecule has 2 heterocycles. The van der Waals surface area contributed by atoms with Crippen molar-refractivity contribution in [2.75, 3.05) is 11.4 Å². The number of aromatic nitrogens is 2. The van der Waals surface area contributed by atoms with Gasteiger partial charge in [-0.15, -0.1) is 0 Å². The predicted molar refractivity (Wildman–Crippen MR) is 51.3 cm³/mol. The lowest BCUT2D eigenvalue weighted by Gasteiger charge is -2.22. The van der Waals surface area contributed by atoms with E-state index in [0.29, 0.717) is 0 Å². The van der Waals surface area contributed by atoms with Gasteiger partial charge in [0.25, 0.3) is 0 Å². The Morgan fingerprint density at radius 1 is 1.79 bits per heavy atom. The summed E-state index contributed by atoms with van der Waals surface area (Å²) in [5.41, 5.74) is 1.84. The van der Waals surface area contributed by atoms with Crippen LogP contribution in [0.5, 0.6) is 0 Å². The van der Waals surface area contributed by atoms with E-state index in [0.717, 1.165) is 30.8 Å². The molecule has 1 unspecified atom stereocenters. The highest BCUT2D eigenvalue weighted by Crippen LogP contribution is 2.26. The molecule has 0 saturated carbocycles. The van der Waals surface area contributed by atoms with Crippen LogP contribution in [0, 0.1) is 6.92 Å². The Morgan fingerprint density at radius 3 is 3.14 bits per heavy atom. The van der Waals surface area contributed by atoms with E-state index in [1.165, 1.54) is 0 Å². The molecule has 2 rings (SSSR count). The van der Waals surface area contributed by atoms with Crippen LogP contribution >= 0.6 is 0 Å². The van der Waals surface area contributed by atoms with E-state index in [1.807, 2.05) is 11.8 Å². The number of rotatable bonds is 2. The fourth-order valence-electron chi connectivity index (χ4n) is 1.95. The third kappa shape index (κ3) is 1.34. The van der Waals surface area contributed by atoms with Crippen molar-refractivity contribution in [3.63, 3.8) is 0 Å². The SMILES string of the molecule is Cc1[nH]ncc1N1CCCC1C(=O)O. The average Bonchev–Trinajstić information content (AvgIpc) is 2.70. The number of hydrogen-bond donors (Lipinski definition) is 2. The number of carboxylic acids is 1. The lowest BCUT2D eigenvalue weighted by molar-refractivity contribution is -0.138. The second kappa shape index (κ2) is 3.32. The Bertz CT molecular complexity index is 348. The quantitative estimate of drug-likeness (QED) is 0.731. The van der Waals surface area contributed by atoms with Crippen molar-refractivity contribution in [3.8, 4) is 0 Å². The Hall–Kier alpha value is -1.52. The highest BCUT2D eigenvalue weighted by molar-refractivity contribution is 5.79. The maximum Gasteiger partial charge on any atom is 0.326 e. The summed E-state index contributed by atoms with van der Waals surface area (Å²) in [5.74, 6) is -0.747. The molecule has 0 radical (unpaired) electrons. The van der Waals surface area contributed by atoms with Crippen LogP contribution in [0.25, 0.3) is 0 Å². The summed E-state index contributed by atoms with van der Waals surface area (Å²) in [6, 6.07) is -0.383. The van der Waals surface area contributed by atoms with Crippen molar-refractivity contribution >= 4 is 11.7 Å². The Kier molecular flexibility index (Phi) is 2.15. The van der Waals surface area contributed by atoms with Crippen molar-refractivity contribution in [2.24, 2.45) is 0 Å². The van der Waals surface area contributed by atoms with Gasteiger partial charge in [-0.3, -0.25) is 5.10 Å². The molecule has 1 aliphatic rings. The van der Waals surface area contributed by atoms with Gasteiger partial charge in [-0.1, -0.05) is 0 Å². The van der Waals surface area contributed by atoms with E-state index in [9.17, 15) is 4.79 Å². The van der Waals surface area contributed by atoms with Gasteiger partial charge in [0.1, 0.15) is 6.04 Å². The molecule has 1 aromatic rings. The van der Waals surface area contributed by atoms with Gasteiger partial charge in [-0.05, 0) is 19.8 Å². The van der Waals surface area contributed by atoms with Crippen molar-refractivity contribution in [1.29, 1.82) is 0 Å². The number of anilines is 1. The lowest BCUT2D eigenvalue weighted by atomic mass is 10.2. The van der Waals surface area contributed by atoms with Gasteiger partial charge in [-0.25, -0.2) is 4.79 Å². The summed E-state index contributed by atoms with van der Waals surface area (Å²) in [5, 5.41) is 15.7. The standard InChI is InChI=1S/C9H13N3O2/c1-6-8(5-10-11-6)12-4-2-3-7(12)9(13)14/h5,7H,2-4H2,1H3,(H,10,11)(H,13,14). The molecular formula is C9H13N3O2. The number of hydrogen-bond acceptors (Lipinski definition) is 3. The van der Waals surface area contributed by atoms with Gasteiger partial charge in [-0.2, -0.15) is 5.10 Å². The summed E-state index contributed by atoms with van der Waals surface area (Å²) in [6.07, 6.45) is 3.35. The number of aromatic amines is 1. The monoisotopic (exact) mass is 195 g/mol. The van der Waals surface area contributed by atoms with Crippen LogP contribution in [-0.4, -0.2) is 33.9 Å². The summed E-state index contributed by atoms with van der Waals surface area (Å²) < 4.78 is 0. The first-order chi connectivity index (χ1) is 6.70. The molecule has 0 aliphatic carbocycles. The molecule has 2 N–H and O–H groups in total. The van der Waals surface area contributed by atoms with Crippen molar-refractivity contribution < 1.29 is 9.90 Å². The Labute approximate surface area is 81.7 Å². The normalized spacial score (nSPS) is 21.5. The molecule has 1 aliphatic heterocycles. The first-order valence-electron chi connectivity index (χ1n) is 4.69. The minimum atomic E-state index is -0.747. The first kappa shape index (κ1) is 9.05. The smallest absolute Gasteiger partial charge is 0.326 e. The zero-order valence-corrected chi connectivity index (χ0v) is 8.03. The van der Waals surface area contributed by atoms with Gasteiger partial charge in [0, 0.05) is 6.54 Å². The van der Waals surface area contributed by atoms with Gasteiger partial charge in [0.2, 0.25) is 0 Å². The summed E-state index contributed by atoms with van der Waals surface area (Å²) in [6.45, 7) is 2.71. The number of aliphatic carboxylic acids is 1. The van der Waals surface area contributed by atoms with Crippen LogP contribution in [-0.2, 0) is 4.79 Å². The van der Waals surface area contributed by atoms with Crippen LogP contribution in [0.15, 0.2) is 6.20 Å². The first-order valence-corrected chi connectivity index (χ1v) is 4.69. The van der Waals surface area contributed by atoms with E-state index in [-0.39, 0.29) is 6.04 Å². The van der Waals surface area contributed by atoms with Crippen LogP contribution in [0.1, 0.15) is 18.5 Å². The minimum absolute atomic E-state index is 0.383. The second-order valence-corrected chi connectivity index (χ2v) is 3.57. The highest BCUT2D eigenvalue weighted by Gasteiger charge is 2.31. The predicted octanol–water partition coefficient (Wildman–Crippen LogP) is 0.772. The number of H-pyrrole nitrogens is 1. The molecular weight excluding hydrogens is 182 g/mol. The van der Waals surface area contributed by atoms with E-state index in [2.05, 4.69) is 10.2 Å². The number of carboxylic acid groups (broad SMARTS) is 1. The third-order valence-corrected chi connectivity index (χ3v) is 2.65. The molecule has 0 bridgehead atoms. The highest BCUT2D eigenvalue weighted by atomic mass is 16.4. The lowest BCUT2D eigenvalue weighted by Crippen LogP contribution is -2.36. The zero-order chi connectivity index (χ0) is 10.1. The van der Waals surface area contributed by atoms with Crippen molar-refractivity contribution in [2.45, 2.75) is 25.8 Å². The number of nitrogens with one attached hydrogen (secondary N) is 1. The third-order valence-electron chi connectivity index (χ3n) is 2.65. The van der Waals surface area contributed by atoms with Crippen LogP contribution in [0.3, 0.4) is 0 Å². The van der Waals surface area contributed by atoms with Gasteiger partial charge >= 0.3 is 5.97 Å². The molecule has 76 valence electrons. The second-order valence-electron chi connectivity index (χ2n) is 3.57. The Morgan fingerprint density at radius 2 is 2.57 bits per heavy atom. The van der Waals surface area contributed by atoms with Gasteiger partial charge in [0.15, 0.2) is 0 Å². The topological polar surface area (TPSA) is 69.2 Å². The van der Waals surface area contributed by atoms with Crippen molar-refractivity contribution in [3.05, 3.63) is 11.9 Å². The van der Waals surface area contributed by atoms with E-state index < -0.39 is 5.97 Å². The van der Waals surface area contributed by atoms with Gasteiger partial charge < -0.3 is 10.0 Å². The molecule has 14 heavy (non-hydrogen) atoms. The molecule has 5 nitrogen and oxygen atoms in total. The van der Waals surface area contributed by atoms with E-state index in [1.54, 1.807) is 6.20 Å². The molecule has 0 amide bonds. The van der Waals surface area contributed by atoms with Crippen LogP contribution < -0.4 is 4.90 Å². The summed E-state index contributed by atoms with van der Waals surface area (Å²) >= 11 is 0. The zero-order valence-electron chi connectivity index (χ0n) is 8.03. The number of carbonyl (C=O) groups is 1. The minimum Gasteiger partial charge on any atom is -0.480 e. The molecule has 0 aromatic carbocycles. The molecule has 1 aromatic heterocycles. The van der Waals surface area contributed by atoms with E-state index in [4.69, 9.17) is 5.11 Å². The largest absolute Gasteiger partial charge is 0.480 e. The van der Waals surface area contributed by atoms with Gasteiger partial charge in [0.05, 0.1) is 17.6 Å². The van der Waals surface area contributed by atoms with Crippen LogP contribution in [0.2, 0.25) is 0 Å². The maximum absolute atomic E-state index is 10.9. The molecule has 0 spiro atoms. The molecule has 1 fully saturated rings. The van der Waals surface area contributed by atoms with E-state index >= 15 is 0 Å². The van der Waals surface area contributed by atoms with Crippen molar-refractivity contribution in [1.82, 2.24) is 10.2 Å². The van der Waals surface area contributed by atoms with Crippen LogP contribution in [0.4, 0.5) is 5.69 Å². The molecule has 5 heteroatoms. The summed E-state index contributed by atoms with van der Waals surface area (Å²) in [7, 11) is 0.